The van der Waals surface area contributed by atoms with Gasteiger partial charge in [-0.15, -0.1) is 0 Å². The van der Waals surface area contributed by atoms with Crippen LogP contribution in [0.2, 0.25) is 0 Å². The van der Waals surface area contributed by atoms with E-state index in [1.807, 2.05) is 32.0 Å². The Morgan fingerprint density at radius 2 is 1.16 bits per heavy atom. The minimum atomic E-state index is -0.309. The molecule has 0 spiro atoms. The molecule has 2 aromatic carbocycles. The van der Waals surface area contributed by atoms with Crippen LogP contribution in [0.15, 0.2) is 36.1 Å². The van der Waals surface area contributed by atoms with Crippen molar-refractivity contribution in [1.82, 2.24) is 0 Å². The maximum atomic E-state index is 13.2. The summed E-state index contributed by atoms with van der Waals surface area (Å²) in [4.78, 5) is 27.7. The highest BCUT2D eigenvalue weighted by molar-refractivity contribution is 9.15. The fraction of sp³-hybridized carbons (Fsp3) is 0.222. The second-order valence-electron chi connectivity index (χ2n) is 5.58. The molecule has 130 valence electrons. The Morgan fingerprint density at radius 3 is 1.52 bits per heavy atom. The molecule has 7 heteroatoms. The maximum absolute atomic E-state index is 13.2. The highest BCUT2D eigenvalue weighted by Crippen LogP contribution is 2.46. The van der Waals surface area contributed by atoms with Gasteiger partial charge in [0.25, 0.3) is 11.8 Å². The summed E-state index contributed by atoms with van der Waals surface area (Å²) < 4.78 is 2.54. The fourth-order valence-electron chi connectivity index (χ4n) is 3.05. The summed E-state index contributed by atoms with van der Waals surface area (Å²) in [5, 5.41) is 0. The molecule has 0 N–H and O–H groups in total. The molecule has 0 saturated carbocycles. The lowest BCUT2D eigenvalue weighted by atomic mass is 10.0. The molecule has 2 amide bonds. The Labute approximate surface area is 179 Å². The summed E-state index contributed by atoms with van der Waals surface area (Å²) in [6.45, 7) is 4.05. The van der Waals surface area contributed by atoms with Crippen LogP contribution >= 0.6 is 63.7 Å². The number of carbonyl (C=O) groups excluding carboxylic acids is 2. The Kier molecular flexibility index (Phi) is 5.59. The summed E-state index contributed by atoms with van der Waals surface area (Å²) in [5.74, 6) is -0.618. The van der Waals surface area contributed by atoms with E-state index < -0.39 is 0 Å². The normalized spacial score (nSPS) is 13.6. The van der Waals surface area contributed by atoms with Crippen molar-refractivity contribution in [1.29, 1.82) is 0 Å². The zero-order valence-electron chi connectivity index (χ0n) is 13.4. The fourth-order valence-corrected chi connectivity index (χ4v) is 5.51. The number of hydrogen-bond donors (Lipinski definition) is 0. The van der Waals surface area contributed by atoms with Crippen LogP contribution < -0.4 is 4.90 Å². The topological polar surface area (TPSA) is 37.4 Å². The standard InChI is InChI=1S/C18H13Br4NO2/c1-3-8-6-5-7-9(4-2)16(8)23-17(24)10-11(18(23)25)13(20)15(22)14(21)12(10)19/h5-7H,3-4H2,1-2H3. The third-order valence-corrected chi connectivity index (χ3v) is 9.06. The van der Waals surface area contributed by atoms with E-state index in [1.54, 1.807) is 0 Å². The summed E-state index contributed by atoms with van der Waals surface area (Å²) in [7, 11) is 0. The molecule has 0 aromatic heterocycles. The predicted molar refractivity (Wildman–Crippen MR) is 114 cm³/mol. The number of nitrogens with zero attached hydrogens (tertiary/aromatic N) is 1. The molecular weight excluding hydrogens is 582 g/mol. The van der Waals surface area contributed by atoms with Crippen molar-refractivity contribution in [2.45, 2.75) is 26.7 Å². The largest absolute Gasteiger partial charge is 0.268 e. The smallest absolute Gasteiger partial charge is 0.267 e. The van der Waals surface area contributed by atoms with Crippen LogP contribution in [0.4, 0.5) is 5.69 Å². The van der Waals surface area contributed by atoms with Crippen molar-refractivity contribution in [3.63, 3.8) is 0 Å². The third-order valence-electron chi connectivity index (χ3n) is 4.29. The van der Waals surface area contributed by atoms with Crippen LogP contribution in [-0.4, -0.2) is 11.8 Å². The number of imide groups is 1. The quantitative estimate of drug-likeness (QED) is 0.226. The molecule has 1 aliphatic rings. The number of benzene rings is 2. The van der Waals surface area contributed by atoms with Gasteiger partial charge in [0.2, 0.25) is 0 Å². The molecule has 0 saturated heterocycles. The molecule has 0 aliphatic carbocycles. The molecule has 25 heavy (non-hydrogen) atoms. The third kappa shape index (κ3) is 2.87. The lowest BCUT2D eigenvalue weighted by Crippen LogP contribution is -2.31. The monoisotopic (exact) mass is 591 g/mol. The number of aryl methyl sites for hydroxylation is 2. The van der Waals surface area contributed by atoms with Gasteiger partial charge in [-0.3, -0.25) is 9.59 Å². The van der Waals surface area contributed by atoms with Gasteiger partial charge in [0.15, 0.2) is 0 Å². The van der Waals surface area contributed by atoms with Crippen molar-refractivity contribution < 1.29 is 9.59 Å². The summed E-state index contributed by atoms with van der Waals surface area (Å²) in [6.07, 6.45) is 1.48. The van der Waals surface area contributed by atoms with Crippen LogP contribution in [0.1, 0.15) is 45.7 Å². The first-order valence-corrected chi connectivity index (χ1v) is 10.9. The van der Waals surface area contributed by atoms with E-state index in [0.717, 1.165) is 24.0 Å². The van der Waals surface area contributed by atoms with Gasteiger partial charge in [-0.25, -0.2) is 4.90 Å². The Hall–Kier alpha value is -0.500. The molecule has 3 nitrogen and oxygen atoms in total. The van der Waals surface area contributed by atoms with Crippen molar-refractivity contribution in [3.05, 3.63) is 58.3 Å². The van der Waals surface area contributed by atoms with E-state index in [0.29, 0.717) is 34.7 Å². The second kappa shape index (κ2) is 7.25. The molecule has 2 aromatic rings. The highest BCUT2D eigenvalue weighted by Gasteiger charge is 2.43. The molecular formula is C18H13Br4NO2. The van der Waals surface area contributed by atoms with Gasteiger partial charge >= 0.3 is 0 Å². The number of rotatable bonds is 3. The van der Waals surface area contributed by atoms with Crippen LogP contribution in [0.25, 0.3) is 0 Å². The number of carbonyl (C=O) groups is 2. The number of para-hydroxylation sites is 1. The van der Waals surface area contributed by atoms with E-state index in [2.05, 4.69) is 63.7 Å². The van der Waals surface area contributed by atoms with Crippen molar-refractivity contribution in [3.8, 4) is 0 Å². The molecule has 0 bridgehead atoms. The summed E-state index contributed by atoms with van der Waals surface area (Å²) in [5.41, 5.74) is 3.43. The first kappa shape index (κ1) is 19.3. The summed E-state index contributed by atoms with van der Waals surface area (Å²) >= 11 is 13.8. The first-order chi connectivity index (χ1) is 11.8. The Morgan fingerprint density at radius 1 is 0.760 bits per heavy atom. The van der Waals surface area contributed by atoms with Gasteiger partial charge in [-0.1, -0.05) is 32.0 Å². The minimum Gasteiger partial charge on any atom is -0.268 e. The number of anilines is 1. The molecule has 0 unspecified atom stereocenters. The predicted octanol–water partition coefficient (Wildman–Crippen LogP) is 6.66. The van der Waals surface area contributed by atoms with Crippen LogP contribution in [0, 0.1) is 0 Å². The van der Waals surface area contributed by atoms with E-state index in [1.165, 1.54) is 4.90 Å². The van der Waals surface area contributed by atoms with Crippen molar-refractivity contribution >= 4 is 81.2 Å². The molecule has 0 atom stereocenters. The van der Waals surface area contributed by atoms with Crippen LogP contribution in [-0.2, 0) is 12.8 Å². The Bertz CT molecular complexity index is 855. The van der Waals surface area contributed by atoms with Crippen LogP contribution in [0.5, 0.6) is 0 Å². The number of hydrogen-bond acceptors (Lipinski definition) is 2. The van der Waals surface area contributed by atoms with Gasteiger partial charge < -0.3 is 0 Å². The molecule has 0 fully saturated rings. The number of fused-ring (bicyclic) bond motifs is 1. The number of halogens is 4. The van der Waals surface area contributed by atoms with E-state index in [9.17, 15) is 9.59 Å². The number of amides is 2. The van der Waals surface area contributed by atoms with Crippen LogP contribution in [0.3, 0.4) is 0 Å². The zero-order chi connectivity index (χ0) is 18.5. The molecule has 3 rings (SSSR count). The van der Waals surface area contributed by atoms with Crippen molar-refractivity contribution in [2.24, 2.45) is 0 Å². The van der Waals surface area contributed by atoms with Crippen molar-refractivity contribution in [2.75, 3.05) is 4.90 Å². The van der Waals surface area contributed by atoms with E-state index in [-0.39, 0.29) is 11.8 Å². The van der Waals surface area contributed by atoms with Gasteiger partial charge in [0, 0.05) is 17.9 Å². The second-order valence-corrected chi connectivity index (χ2v) is 8.76. The maximum Gasteiger partial charge on any atom is 0.267 e. The minimum absolute atomic E-state index is 0.309. The van der Waals surface area contributed by atoms with E-state index in [4.69, 9.17) is 0 Å². The molecule has 1 heterocycles. The van der Waals surface area contributed by atoms with Gasteiger partial charge in [0.05, 0.1) is 16.8 Å². The lowest BCUT2D eigenvalue weighted by molar-refractivity contribution is 0.0925. The highest BCUT2D eigenvalue weighted by atomic mass is 79.9. The molecule has 1 aliphatic heterocycles. The summed E-state index contributed by atoms with van der Waals surface area (Å²) in [6, 6.07) is 5.90. The average molecular weight is 595 g/mol. The van der Waals surface area contributed by atoms with Gasteiger partial charge in [-0.05, 0) is 87.7 Å². The van der Waals surface area contributed by atoms with Gasteiger partial charge in [-0.2, -0.15) is 0 Å². The van der Waals surface area contributed by atoms with Gasteiger partial charge in [0.1, 0.15) is 0 Å². The first-order valence-electron chi connectivity index (χ1n) is 7.70. The Balaban J connectivity index is 2.31. The zero-order valence-corrected chi connectivity index (χ0v) is 19.8. The average Bonchev–Trinajstić information content (AvgIpc) is 2.87. The SMILES string of the molecule is CCc1cccc(CC)c1N1C(=O)c2c(Br)c(Br)c(Br)c(Br)c2C1=O. The van der Waals surface area contributed by atoms with E-state index >= 15 is 0 Å². The molecule has 0 radical (unpaired) electrons. The lowest BCUT2D eigenvalue weighted by Gasteiger charge is -2.21.